The largest absolute Gasteiger partial charge is 0.374 e. The molecule has 7 heteroatoms. The first-order valence-corrected chi connectivity index (χ1v) is 6.92. The summed E-state index contributed by atoms with van der Waals surface area (Å²) < 4.78 is 26.5. The van der Waals surface area contributed by atoms with Crippen LogP contribution in [0.2, 0.25) is 0 Å². The molecule has 0 aromatic heterocycles. The summed E-state index contributed by atoms with van der Waals surface area (Å²) in [6, 6.07) is 0. The van der Waals surface area contributed by atoms with Gasteiger partial charge in [0, 0.05) is 6.61 Å². The molecule has 0 aliphatic heterocycles. The van der Waals surface area contributed by atoms with Crippen LogP contribution in [0.3, 0.4) is 0 Å². The molecule has 0 spiro atoms. The van der Waals surface area contributed by atoms with Crippen LogP contribution in [0.25, 0.3) is 0 Å². The van der Waals surface area contributed by atoms with E-state index in [-0.39, 0.29) is 6.35 Å². The van der Waals surface area contributed by atoms with Crippen molar-refractivity contribution < 1.29 is 23.7 Å². The van der Waals surface area contributed by atoms with Crippen molar-refractivity contribution in [2.45, 2.75) is 19.2 Å². The SMILES string of the molecule is CCOC[PH](=O)C(C)P(=O)(O)O. The Kier molecular flexibility index (Phi) is 5.30. The Labute approximate surface area is 72.1 Å². The topological polar surface area (TPSA) is 83.8 Å². The second-order valence-corrected chi connectivity index (χ2v) is 6.89. The number of hydrogen-bond acceptors (Lipinski definition) is 3. The predicted octanol–water partition coefficient (Wildman–Crippen LogP) is 1.06. The van der Waals surface area contributed by atoms with Crippen LogP contribution in [0.5, 0.6) is 0 Å². The van der Waals surface area contributed by atoms with Crippen molar-refractivity contribution >= 4 is 15.4 Å². The molecule has 5 nitrogen and oxygen atoms in total. The van der Waals surface area contributed by atoms with Crippen molar-refractivity contribution in [3.8, 4) is 0 Å². The van der Waals surface area contributed by atoms with E-state index < -0.39 is 20.8 Å². The van der Waals surface area contributed by atoms with Gasteiger partial charge in [0.15, 0.2) is 0 Å². The molecule has 0 saturated heterocycles. The summed E-state index contributed by atoms with van der Waals surface area (Å²) in [6.07, 6.45) is -0.0482. The smallest absolute Gasteiger partial charge is 0.335 e. The first-order valence-electron chi connectivity index (χ1n) is 3.55. The fourth-order valence-corrected chi connectivity index (χ4v) is 2.88. The molecule has 12 heavy (non-hydrogen) atoms. The normalized spacial score (nSPS) is 17.3. The van der Waals surface area contributed by atoms with Crippen LogP contribution < -0.4 is 0 Å². The van der Waals surface area contributed by atoms with E-state index in [1.165, 1.54) is 6.92 Å². The molecule has 2 N–H and O–H groups in total. The van der Waals surface area contributed by atoms with Crippen LogP contribution in [0, 0.1) is 0 Å². The second-order valence-electron chi connectivity index (χ2n) is 2.37. The van der Waals surface area contributed by atoms with E-state index in [1.807, 2.05) is 0 Å². The summed E-state index contributed by atoms with van der Waals surface area (Å²) in [5, 5.41) is -1.07. The van der Waals surface area contributed by atoms with Gasteiger partial charge in [0.2, 0.25) is 0 Å². The monoisotopic (exact) mass is 216 g/mol. The van der Waals surface area contributed by atoms with E-state index in [2.05, 4.69) is 0 Å². The highest BCUT2D eigenvalue weighted by atomic mass is 31.2. The maximum atomic E-state index is 11.1. The minimum atomic E-state index is -4.20. The van der Waals surface area contributed by atoms with Gasteiger partial charge in [0.25, 0.3) is 0 Å². The summed E-state index contributed by atoms with van der Waals surface area (Å²) in [5.41, 5.74) is 0. The average molecular weight is 216 g/mol. The van der Waals surface area contributed by atoms with Crippen LogP contribution in [0.4, 0.5) is 0 Å². The Morgan fingerprint density at radius 3 is 2.42 bits per heavy atom. The van der Waals surface area contributed by atoms with Crippen LogP contribution in [-0.2, 0) is 13.9 Å². The summed E-state index contributed by atoms with van der Waals surface area (Å²) in [6.45, 7) is 3.42. The van der Waals surface area contributed by atoms with Gasteiger partial charge in [-0.1, -0.05) is 0 Å². The third kappa shape index (κ3) is 4.39. The van der Waals surface area contributed by atoms with Crippen molar-refractivity contribution in [1.29, 1.82) is 0 Å². The molecule has 0 aromatic rings. The predicted molar refractivity (Wildman–Crippen MR) is 47.0 cm³/mol. The van der Waals surface area contributed by atoms with Gasteiger partial charge >= 0.3 is 7.60 Å². The molecule has 0 fully saturated rings. The summed E-state index contributed by atoms with van der Waals surface area (Å²) in [7, 11) is -6.52. The van der Waals surface area contributed by atoms with Gasteiger partial charge in [-0.3, -0.25) is 4.57 Å². The first-order chi connectivity index (χ1) is 5.39. The van der Waals surface area contributed by atoms with Gasteiger partial charge in [0.1, 0.15) is 13.2 Å². The highest BCUT2D eigenvalue weighted by Crippen LogP contribution is 2.52. The highest BCUT2D eigenvalue weighted by molar-refractivity contribution is 7.67. The zero-order valence-electron chi connectivity index (χ0n) is 7.06. The number of ether oxygens (including phenoxy) is 1. The van der Waals surface area contributed by atoms with Crippen LogP contribution >= 0.6 is 15.4 Å². The van der Waals surface area contributed by atoms with Gasteiger partial charge in [0.05, 0.1) is 6.35 Å². The van der Waals surface area contributed by atoms with E-state index in [0.29, 0.717) is 6.61 Å². The number of hydrogen-bond donors (Lipinski definition) is 2. The fourth-order valence-electron chi connectivity index (χ4n) is 0.511. The molecular weight excluding hydrogens is 202 g/mol. The third-order valence-corrected chi connectivity index (χ3v) is 5.72. The Morgan fingerprint density at radius 2 is 2.08 bits per heavy atom. The Bertz CT molecular complexity index is 198. The molecule has 0 aromatic carbocycles. The van der Waals surface area contributed by atoms with Gasteiger partial charge in [-0.2, -0.15) is 0 Å². The van der Waals surface area contributed by atoms with Gasteiger partial charge in [-0.15, -0.1) is 0 Å². The molecule has 0 saturated carbocycles. The van der Waals surface area contributed by atoms with Crippen LogP contribution in [0.1, 0.15) is 13.8 Å². The quantitative estimate of drug-likeness (QED) is 0.671. The van der Waals surface area contributed by atoms with E-state index in [1.54, 1.807) is 6.92 Å². The molecule has 0 amide bonds. The minimum Gasteiger partial charge on any atom is -0.374 e. The lowest BCUT2D eigenvalue weighted by Gasteiger charge is -2.12. The van der Waals surface area contributed by atoms with Crippen molar-refractivity contribution in [1.82, 2.24) is 0 Å². The van der Waals surface area contributed by atoms with Gasteiger partial charge < -0.3 is 19.1 Å². The lowest BCUT2D eigenvalue weighted by atomic mass is 10.9. The molecule has 0 aliphatic carbocycles. The maximum Gasteiger partial charge on any atom is 0.335 e. The first kappa shape index (κ1) is 12.3. The van der Waals surface area contributed by atoms with Crippen LogP contribution in [-0.4, -0.2) is 28.1 Å². The Balaban J connectivity index is 4.03. The molecule has 2 atom stereocenters. The van der Waals surface area contributed by atoms with E-state index in [9.17, 15) is 9.13 Å². The summed E-state index contributed by atoms with van der Waals surface area (Å²) in [4.78, 5) is 17.3. The fraction of sp³-hybridized carbons (Fsp3) is 1.00. The van der Waals surface area contributed by atoms with Crippen molar-refractivity contribution in [3.63, 3.8) is 0 Å². The number of rotatable bonds is 5. The van der Waals surface area contributed by atoms with E-state index >= 15 is 0 Å². The maximum absolute atomic E-state index is 11.1. The molecule has 0 aliphatic rings. The minimum absolute atomic E-state index is 0.0482. The molecule has 0 heterocycles. The zero-order valence-corrected chi connectivity index (χ0v) is 8.95. The average Bonchev–Trinajstić information content (AvgIpc) is 1.97. The van der Waals surface area contributed by atoms with Crippen molar-refractivity contribution in [2.24, 2.45) is 0 Å². The molecule has 0 rings (SSSR count). The molecule has 0 bridgehead atoms. The second kappa shape index (κ2) is 5.15. The third-order valence-electron chi connectivity index (χ3n) is 1.42. The summed E-state index contributed by atoms with van der Waals surface area (Å²) >= 11 is 0. The van der Waals surface area contributed by atoms with Crippen molar-refractivity contribution in [2.75, 3.05) is 13.0 Å². The lowest BCUT2D eigenvalue weighted by molar-refractivity contribution is 0.193. The standard InChI is InChI=1S/C5H14O5P2/c1-3-10-4-11(6)5(2)12(7,8)9/h5,11H,3-4H2,1-2H3,(H2,7,8,9). The van der Waals surface area contributed by atoms with Crippen molar-refractivity contribution in [3.05, 3.63) is 0 Å². The van der Waals surface area contributed by atoms with Gasteiger partial charge in [-0.05, 0) is 13.8 Å². The van der Waals surface area contributed by atoms with E-state index in [4.69, 9.17) is 14.5 Å². The molecule has 2 unspecified atom stereocenters. The van der Waals surface area contributed by atoms with E-state index in [0.717, 1.165) is 0 Å². The summed E-state index contributed by atoms with van der Waals surface area (Å²) in [5.74, 6) is 0. The Morgan fingerprint density at radius 1 is 1.58 bits per heavy atom. The molecule has 0 radical (unpaired) electrons. The van der Waals surface area contributed by atoms with Crippen LogP contribution in [0.15, 0.2) is 0 Å². The highest BCUT2D eigenvalue weighted by Gasteiger charge is 2.29. The zero-order chi connectivity index (χ0) is 9.78. The van der Waals surface area contributed by atoms with Gasteiger partial charge in [-0.25, -0.2) is 0 Å². The molecular formula is C5H14O5P2. The lowest BCUT2D eigenvalue weighted by Crippen LogP contribution is -2.00. The molecule has 74 valence electrons. The Hall–Kier alpha value is 0.340.